The van der Waals surface area contributed by atoms with Crippen molar-refractivity contribution in [1.29, 1.82) is 0 Å². The lowest BCUT2D eigenvalue weighted by Gasteiger charge is -2.18. The number of carboxylic acid groups (broad SMARTS) is 1. The SMILES string of the molecule is CC1Cc2cc(S(=O)(=O)N[C@@H](C(=O)O)C(C)C)cc(Cl)c2O1. The van der Waals surface area contributed by atoms with Gasteiger partial charge in [-0.2, -0.15) is 4.72 Å². The number of halogens is 1. The van der Waals surface area contributed by atoms with E-state index in [2.05, 4.69) is 4.72 Å². The van der Waals surface area contributed by atoms with Crippen LogP contribution in [-0.4, -0.2) is 31.6 Å². The van der Waals surface area contributed by atoms with E-state index in [0.717, 1.165) is 0 Å². The number of rotatable bonds is 5. The second-order valence-electron chi connectivity index (χ2n) is 5.71. The van der Waals surface area contributed by atoms with Crippen LogP contribution in [0.25, 0.3) is 0 Å². The van der Waals surface area contributed by atoms with E-state index in [9.17, 15) is 13.2 Å². The molecule has 2 rings (SSSR count). The fraction of sp³-hybridized carbons (Fsp3) is 0.500. The summed E-state index contributed by atoms with van der Waals surface area (Å²) in [5.74, 6) is -1.12. The van der Waals surface area contributed by atoms with E-state index >= 15 is 0 Å². The standard InChI is InChI=1S/C14H18ClNO5S/c1-7(2)12(14(17)18)16-22(19,20)10-5-9-4-8(3)21-13(9)11(15)6-10/h5-8,12,16H,4H2,1-3H3,(H,17,18)/t8?,12-/m1/s1. The molecule has 2 N–H and O–H groups in total. The highest BCUT2D eigenvalue weighted by Gasteiger charge is 2.30. The van der Waals surface area contributed by atoms with Gasteiger partial charge in [-0.3, -0.25) is 4.79 Å². The second-order valence-corrected chi connectivity index (χ2v) is 7.83. The van der Waals surface area contributed by atoms with E-state index < -0.39 is 22.0 Å². The summed E-state index contributed by atoms with van der Waals surface area (Å²) in [4.78, 5) is 11.1. The molecule has 6 nitrogen and oxygen atoms in total. The van der Waals surface area contributed by atoms with Crippen molar-refractivity contribution in [2.75, 3.05) is 0 Å². The molecule has 22 heavy (non-hydrogen) atoms. The van der Waals surface area contributed by atoms with E-state index in [1.54, 1.807) is 13.8 Å². The Bertz CT molecular complexity index is 701. The first-order chi connectivity index (χ1) is 10.1. The lowest BCUT2D eigenvalue weighted by molar-refractivity contribution is -0.140. The van der Waals surface area contributed by atoms with Gasteiger partial charge in [-0.15, -0.1) is 0 Å². The van der Waals surface area contributed by atoms with Crippen molar-refractivity contribution in [3.8, 4) is 5.75 Å². The molecule has 0 radical (unpaired) electrons. The number of benzene rings is 1. The predicted octanol–water partition coefficient (Wildman–Crippen LogP) is 2.05. The van der Waals surface area contributed by atoms with Gasteiger partial charge in [0.2, 0.25) is 10.0 Å². The van der Waals surface area contributed by atoms with E-state index in [1.165, 1.54) is 12.1 Å². The number of fused-ring (bicyclic) bond motifs is 1. The first kappa shape index (κ1) is 17.1. The maximum Gasteiger partial charge on any atom is 0.322 e. The lowest BCUT2D eigenvalue weighted by atomic mass is 10.1. The summed E-state index contributed by atoms with van der Waals surface area (Å²) in [6.07, 6.45) is 0.492. The van der Waals surface area contributed by atoms with Gasteiger partial charge >= 0.3 is 5.97 Å². The second kappa shape index (κ2) is 6.06. The molecule has 1 unspecified atom stereocenters. The number of hydrogen-bond acceptors (Lipinski definition) is 4. The van der Waals surface area contributed by atoms with Gasteiger partial charge < -0.3 is 9.84 Å². The highest BCUT2D eigenvalue weighted by Crippen LogP contribution is 2.38. The summed E-state index contributed by atoms with van der Waals surface area (Å²) in [5, 5.41) is 9.33. The molecule has 0 aliphatic carbocycles. The van der Waals surface area contributed by atoms with Crippen LogP contribution in [-0.2, 0) is 21.2 Å². The smallest absolute Gasteiger partial charge is 0.322 e. The van der Waals surface area contributed by atoms with Gasteiger partial charge in [-0.1, -0.05) is 25.4 Å². The monoisotopic (exact) mass is 347 g/mol. The molecule has 0 fully saturated rings. The minimum atomic E-state index is -3.98. The molecule has 0 spiro atoms. The molecule has 122 valence electrons. The summed E-state index contributed by atoms with van der Waals surface area (Å²) in [6, 6.07) is 1.55. The maximum atomic E-state index is 12.4. The molecule has 0 saturated carbocycles. The van der Waals surface area contributed by atoms with Crippen molar-refractivity contribution in [3.05, 3.63) is 22.7 Å². The third kappa shape index (κ3) is 3.37. The molecule has 0 aromatic heterocycles. The van der Waals surface area contributed by atoms with Gasteiger partial charge in [0.05, 0.1) is 9.92 Å². The highest BCUT2D eigenvalue weighted by molar-refractivity contribution is 7.89. The number of aliphatic carboxylic acids is 1. The van der Waals surface area contributed by atoms with Crippen molar-refractivity contribution in [2.45, 2.75) is 44.2 Å². The summed E-state index contributed by atoms with van der Waals surface area (Å²) in [7, 11) is -3.98. The van der Waals surface area contributed by atoms with Crippen LogP contribution in [0, 0.1) is 5.92 Å². The molecule has 1 aliphatic rings. The van der Waals surface area contributed by atoms with Crippen LogP contribution in [0.5, 0.6) is 5.75 Å². The van der Waals surface area contributed by atoms with Crippen molar-refractivity contribution < 1.29 is 23.1 Å². The Morgan fingerprint density at radius 3 is 2.64 bits per heavy atom. The van der Waals surface area contributed by atoms with Crippen LogP contribution in [0.2, 0.25) is 5.02 Å². The molecule has 2 atom stereocenters. The van der Waals surface area contributed by atoms with Crippen LogP contribution >= 0.6 is 11.6 Å². The van der Waals surface area contributed by atoms with Crippen LogP contribution in [0.1, 0.15) is 26.3 Å². The third-order valence-corrected chi connectivity index (χ3v) is 5.15. The molecule has 1 aromatic carbocycles. The largest absolute Gasteiger partial charge is 0.489 e. The number of ether oxygens (including phenoxy) is 1. The molecule has 0 amide bonds. The molecule has 0 saturated heterocycles. The Morgan fingerprint density at radius 1 is 1.45 bits per heavy atom. The van der Waals surface area contributed by atoms with Crippen LogP contribution < -0.4 is 9.46 Å². The average Bonchev–Trinajstić information content (AvgIpc) is 2.76. The molecule has 1 aromatic rings. The molecule has 0 bridgehead atoms. The molecular formula is C14H18ClNO5S. The molecule has 1 heterocycles. The van der Waals surface area contributed by atoms with Gasteiger partial charge in [0.15, 0.2) is 0 Å². The third-order valence-electron chi connectivity index (χ3n) is 3.45. The van der Waals surface area contributed by atoms with E-state index in [4.69, 9.17) is 21.4 Å². The van der Waals surface area contributed by atoms with Crippen molar-refractivity contribution in [2.24, 2.45) is 5.92 Å². The van der Waals surface area contributed by atoms with Crippen LogP contribution in [0.4, 0.5) is 0 Å². The summed E-state index contributed by atoms with van der Waals surface area (Å²) in [6.45, 7) is 5.13. The van der Waals surface area contributed by atoms with Crippen molar-refractivity contribution in [3.63, 3.8) is 0 Å². The van der Waals surface area contributed by atoms with E-state index in [-0.39, 0.29) is 21.9 Å². The zero-order valence-electron chi connectivity index (χ0n) is 12.5. The van der Waals surface area contributed by atoms with Crippen molar-refractivity contribution in [1.82, 2.24) is 4.72 Å². The maximum absolute atomic E-state index is 12.4. The molecule has 8 heteroatoms. The van der Waals surface area contributed by atoms with Gasteiger partial charge in [0, 0.05) is 12.0 Å². The zero-order chi connectivity index (χ0) is 16.7. The predicted molar refractivity (Wildman–Crippen MR) is 81.8 cm³/mol. The number of sulfonamides is 1. The number of hydrogen-bond donors (Lipinski definition) is 2. The minimum absolute atomic E-state index is 0.0548. The van der Waals surface area contributed by atoms with Crippen LogP contribution in [0.15, 0.2) is 17.0 Å². The van der Waals surface area contributed by atoms with Gasteiger partial charge in [-0.25, -0.2) is 8.42 Å². The number of carboxylic acids is 1. The Balaban J connectivity index is 2.37. The molecular weight excluding hydrogens is 330 g/mol. The lowest BCUT2D eigenvalue weighted by Crippen LogP contribution is -2.44. The zero-order valence-corrected chi connectivity index (χ0v) is 14.0. The van der Waals surface area contributed by atoms with E-state index in [1.807, 2.05) is 6.92 Å². The van der Waals surface area contributed by atoms with Gasteiger partial charge in [-0.05, 0) is 25.0 Å². The minimum Gasteiger partial charge on any atom is -0.489 e. The van der Waals surface area contributed by atoms with Gasteiger partial charge in [0.1, 0.15) is 17.9 Å². The Labute approximate surface area is 134 Å². The first-order valence-corrected chi connectivity index (χ1v) is 8.72. The summed E-state index contributed by atoms with van der Waals surface area (Å²) < 4.78 is 32.6. The quantitative estimate of drug-likeness (QED) is 0.850. The molecule has 1 aliphatic heterocycles. The topological polar surface area (TPSA) is 92.7 Å². The highest BCUT2D eigenvalue weighted by atomic mass is 35.5. The Hall–Kier alpha value is -1.31. The number of carbonyl (C=O) groups is 1. The first-order valence-electron chi connectivity index (χ1n) is 6.86. The number of nitrogens with one attached hydrogen (secondary N) is 1. The van der Waals surface area contributed by atoms with Crippen LogP contribution in [0.3, 0.4) is 0 Å². The summed E-state index contributed by atoms with van der Waals surface area (Å²) >= 11 is 6.07. The average molecular weight is 348 g/mol. The summed E-state index contributed by atoms with van der Waals surface area (Å²) in [5.41, 5.74) is 0.705. The normalized spacial score (nSPS) is 18.9. The van der Waals surface area contributed by atoms with Crippen molar-refractivity contribution >= 4 is 27.6 Å². The Kier molecular flexibility index (Phi) is 4.70. The fourth-order valence-electron chi connectivity index (χ4n) is 2.32. The van der Waals surface area contributed by atoms with E-state index in [0.29, 0.717) is 17.7 Å². The Morgan fingerprint density at radius 2 is 2.09 bits per heavy atom. The van der Waals surface area contributed by atoms with Gasteiger partial charge in [0.25, 0.3) is 0 Å². The fourth-order valence-corrected chi connectivity index (χ4v) is 4.08.